The highest BCUT2D eigenvalue weighted by Crippen LogP contribution is 2.33. The second-order valence-corrected chi connectivity index (χ2v) is 9.63. The Kier molecular flexibility index (Phi) is 4.53. The van der Waals surface area contributed by atoms with E-state index in [-0.39, 0.29) is 8.96 Å². The van der Waals surface area contributed by atoms with Gasteiger partial charge in [-0.3, -0.25) is 4.21 Å². The number of hydrogen-bond donors (Lipinski definition) is 1. The minimum absolute atomic E-state index is 0.0674. The van der Waals surface area contributed by atoms with Crippen LogP contribution in [0, 0.1) is 0 Å². The molecule has 0 aliphatic carbocycles. The number of nitrogens with zero attached hydrogens (tertiary/aromatic N) is 2. The molecule has 1 atom stereocenters. The van der Waals surface area contributed by atoms with Crippen molar-refractivity contribution in [3.63, 3.8) is 0 Å². The maximum absolute atomic E-state index is 12.3. The lowest BCUT2D eigenvalue weighted by atomic mass is 10.0. The second kappa shape index (κ2) is 5.70. The highest BCUT2D eigenvalue weighted by molar-refractivity contribution is 7.91. The van der Waals surface area contributed by atoms with Crippen LogP contribution in [0.25, 0.3) is 0 Å². The zero-order valence-corrected chi connectivity index (χ0v) is 14.0. The Balaban J connectivity index is 2.26. The largest absolute Gasteiger partial charge is 0.346 e. The fourth-order valence-corrected chi connectivity index (χ4v) is 5.72. The molecule has 1 saturated heterocycles. The summed E-state index contributed by atoms with van der Waals surface area (Å²) in [4.78, 5) is 6.17. The van der Waals surface area contributed by atoms with Crippen LogP contribution in [0.2, 0.25) is 0 Å². The van der Waals surface area contributed by atoms with E-state index in [1.54, 1.807) is 0 Å². The summed E-state index contributed by atoms with van der Waals surface area (Å²) in [5.41, 5.74) is 0. The number of primary sulfonamides is 1. The van der Waals surface area contributed by atoms with Crippen molar-refractivity contribution in [1.82, 2.24) is 4.98 Å². The quantitative estimate of drug-likeness (QED) is 0.882. The Morgan fingerprint density at radius 2 is 2.15 bits per heavy atom. The third-order valence-corrected chi connectivity index (χ3v) is 8.51. The molecule has 0 radical (unpaired) electrons. The number of rotatable bonds is 4. The normalized spacial score (nSPS) is 22.9. The molecule has 1 unspecified atom stereocenters. The first kappa shape index (κ1) is 15.9. The number of thiazole rings is 1. The first-order chi connectivity index (χ1) is 9.32. The van der Waals surface area contributed by atoms with Crippen molar-refractivity contribution in [2.75, 3.05) is 23.7 Å². The summed E-state index contributed by atoms with van der Waals surface area (Å²) in [7, 11) is -4.55. The number of nitrogens with two attached hydrogens (primary N) is 1. The molecule has 0 amide bonds. The highest BCUT2D eigenvalue weighted by Gasteiger charge is 2.39. The van der Waals surface area contributed by atoms with Gasteiger partial charge in [0.1, 0.15) is 0 Å². The topological polar surface area (TPSA) is 93.4 Å². The Morgan fingerprint density at radius 3 is 2.65 bits per heavy atom. The maximum Gasteiger partial charge on any atom is 0.249 e. The van der Waals surface area contributed by atoms with Crippen LogP contribution in [0.5, 0.6) is 0 Å². The molecule has 0 spiro atoms. The summed E-state index contributed by atoms with van der Waals surface area (Å²) in [6.45, 7) is 5.36. The standard InChI is InChI=1S/C11H19N3O3S3/c1-3-11(4-2)8-14(5-6-19(11)15)10-13-7-9(18-10)20(12,16)17/h7H,3-6,8H2,1-2H3,(H2,12,16,17). The van der Waals surface area contributed by atoms with Crippen LogP contribution in [-0.2, 0) is 20.8 Å². The maximum atomic E-state index is 12.3. The lowest BCUT2D eigenvalue weighted by Gasteiger charge is -2.41. The van der Waals surface area contributed by atoms with Crippen LogP contribution < -0.4 is 10.0 Å². The first-order valence-electron chi connectivity index (χ1n) is 6.44. The minimum atomic E-state index is -3.70. The van der Waals surface area contributed by atoms with Gasteiger partial charge in [0.2, 0.25) is 10.0 Å². The number of hydrogen-bond acceptors (Lipinski definition) is 6. The summed E-state index contributed by atoms with van der Waals surface area (Å²) in [6, 6.07) is 0. The molecule has 0 aromatic carbocycles. The zero-order valence-electron chi connectivity index (χ0n) is 11.5. The average Bonchev–Trinajstić information content (AvgIpc) is 2.89. The van der Waals surface area contributed by atoms with Crippen LogP contribution in [0.1, 0.15) is 26.7 Å². The van der Waals surface area contributed by atoms with Gasteiger partial charge in [-0.15, -0.1) is 0 Å². The molecule has 2 N–H and O–H groups in total. The van der Waals surface area contributed by atoms with E-state index in [0.717, 1.165) is 24.2 Å². The van der Waals surface area contributed by atoms with Gasteiger partial charge in [0.15, 0.2) is 9.34 Å². The van der Waals surface area contributed by atoms with E-state index in [0.29, 0.717) is 24.0 Å². The molecule has 1 aromatic heterocycles. The summed E-state index contributed by atoms with van der Waals surface area (Å²) in [5, 5.41) is 5.74. The van der Waals surface area contributed by atoms with Gasteiger partial charge in [0, 0.05) is 29.6 Å². The van der Waals surface area contributed by atoms with Gasteiger partial charge in [-0.05, 0) is 12.8 Å². The van der Waals surface area contributed by atoms with E-state index in [9.17, 15) is 12.6 Å². The highest BCUT2D eigenvalue weighted by atomic mass is 32.2. The van der Waals surface area contributed by atoms with E-state index < -0.39 is 20.8 Å². The summed E-state index contributed by atoms with van der Waals surface area (Å²) in [5.74, 6) is 0.589. The molecule has 2 rings (SSSR count). The second-order valence-electron chi connectivity index (χ2n) is 4.87. The summed E-state index contributed by atoms with van der Waals surface area (Å²) < 4.78 is 34.7. The number of sulfonamides is 1. The molecular weight excluding hydrogens is 318 g/mol. The predicted molar refractivity (Wildman–Crippen MR) is 82.0 cm³/mol. The monoisotopic (exact) mass is 337 g/mol. The van der Waals surface area contributed by atoms with Crippen molar-refractivity contribution < 1.29 is 12.6 Å². The van der Waals surface area contributed by atoms with Crippen LogP contribution in [0.15, 0.2) is 10.4 Å². The van der Waals surface area contributed by atoms with Crippen LogP contribution in [0.4, 0.5) is 5.13 Å². The third-order valence-electron chi connectivity index (χ3n) is 3.82. The molecule has 2 heterocycles. The van der Waals surface area contributed by atoms with Crippen molar-refractivity contribution in [3.8, 4) is 0 Å². The van der Waals surface area contributed by atoms with Crippen molar-refractivity contribution >= 4 is 37.3 Å². The number of anilines is 1. The third kappa shape index (κ3) is 2.90. The molecule has 1 aromatic rings. The average molecular weight is 337 g/mol. The van der Waals surface area contributed by atoms with Crippen molar-refractivity contribution in [2.45, 2.75) is 35.6 Å². The lowest BCUT2D eigenvalue weighted by molar-refractivity contribution is 0.496. The zero-order chi connectivity index (χ0) is 15.0. The fraction of sp³-hybridized carbons (Fsp3) is 0.727. The molecule has 114 valence electrons. The van der Waals surface area contributed by atoms with Gasteiger partial charge in [0.25, 0.3) is 0 Å². The van der Waals surface area contributed by atoms with Gasteiger partial charge >= 0.3 is 0 Å². The van der Waals surface area contributed by atoms with E-state index in [4.69, 9.17) is 5.14 Å². The van der Waals surface area contributed by atoms with E-state index >= 15 is 0 Å². The molecule has 0 saturated carbocycles. The Labute approximate surface area is 125 Å². The van der Waals surface area contributed by atoms with E-state index in [1.165, 1.54) is 6.20 Å². The van der Waals surface area contributed by atoms with Gasteiger partial charge in [-0.25, -0.2) is 18.5 Å². The molecule has 6 nitrogen and oxygen atoms in total. The van der Waals surface area contributed by atoms with Crippen molar-refractivity contribution in [3.05, 3.63) is 6.20 Å². The summed E-state index contributed by atoms with van der Waals surface area (Å²) >= 11 is 1.07. The van der Waals surface area contributed by atoms with Crippen molar-refractivity contribution in [1.29, 1.82) is 0 Å². The first-order valence-corrected chi connectivity index (χ1v) is 10.1. The van der Waals surface area contributed by atoms with Crippen molar-refractivity contribution in [2.24, 2.45) is 5.14 Å². The van der Waals surface area contributed by atoms with Gasteiger partial charge in [0.05, 0.1) is 10.9 Å². The van der Waals surface area contributed by atoms with Gasteiger partial charge in [-0.1, -0.05) is 25.2 Å². The summed E-state index contributed by atoms with van der Waals surface area (Å²) in [6.07, 6.45) is 2.96. The molecule has 1 aliphatic rings. The predicted octanol–water partition coefficient (Wildman–Crippen LogP) is 0.918. The molecule has 20 heavy (non-hydrogen) atoms. The molecule has 1 fully saturated rings. The Bertz CT molecular complexity index is 607. The Hall–Kier alpha value is -0.510. The molecular formula is C11H19N3O3S3. The van der Waals surface area contributed by atoms with Crippen LogP contribution >= 0.6 is 11.3 Å². The SMILES string of the molecule is CCC1(CC)CN(c2ncc(S(N)(=O)=O)s2)CCS1=O. The molecule has 9 heteroatoms. The lowest BCUT2D eigenvalue weighted by Crippen LogP contribution is -2.53. The molecule has 1 aliphatic heterocycles. The van der Waals surface area contributed by atoms with Crippen LogP contribution in [-0.4, -0.2) is 41.2 Å². The fourth-order valence-electron chi connectivity index (χ4n) is 2.40. The smallest absolute Gasteiger partial charge is 0.249 e. The van der Waals surface area contributed by atoms with E-state index in [1.807, 2.05) is 18.7 Å². The molecule has 0 bridgehead atoms. The van der Waals surface area contributed by atoms with Crippen LogP contribution in [0.3, 0.4) is 0 Å². The van der Waals surface area contributed by atoms with Gasteiger partial charge in [-0.2, -0.15) is 0 Å². The van der Waals surface area contributed by atoms with Gasteiger partial charge < -0.3 is 4.90 Å². The minimum Gasteiger partial charge on any atom is -0.346 e. The Morgan fingerprint density at radius 1 is 1.50 bits per heavy atom. The van der Waals surface area contributed by atoms with E-state index in [2.05, 4.69) is 4.98 Å². The number of aromatic nitrogens is 1.